The Labute approximate surface area is 102 Å². The van der Waals surface area contributed by atoms with Gasteiger partial charge in [0, 0.05) is 16.7 Å². The fourth-order valence-electron chi connectivity index (χ4n) is 1.28. The van der Waals surface area contributed by atoms with E-state index in [0.29, 0.717) is 0 Å². The maximum absolute atomic E-state index is 10.3. The highest BCUT2D eigenvalue weighted by Crippen LogP contribution is 2.23. The van der Waals surface area contributed by atoms with E-state index in [4.69, 9.17) is 5.11 Å². The Morgan fingerprint density at radius 1 is 1.56 bits per heavy atom. The van der Waals surface area contributed by atoms with Crippen molar-refractivity contribution in [3.8, 4) is 0 Å². The zero-order valence-electron chi connectivity index (χ0n) is 8.90. The first-order valence-electron chi connectivity index (χ1n) is 4.89. The van der Waals surface area contributed by atoms with Crippen molar-refractivity contribution in [2.45, 2.75) is 19.4 Å². The van der Waals surface area contributed by atoms with Gasteiger partial charge in [0.1, 0.15) is 0 Å². The molecule has 0 heterocycles. The molecule has 0 amide bonds. The maximum Gasteiger partial charge on any atom is 0.306 e. The predicted molar refractivity (Wildman–Crippen MR) is 65.6 cm³/mol. The minimum absolute atomic E-state index is 0.217. The maximum atomic E-state index is 10.3. The van der Waals surface area contributed by atoms with Gasteiger partial charge in [0.15, 0.2) is 0 Å². The van der Waals surface area contributed by atoms with Crippen molar-refractivity contribution in [2.24, 2.45) is 0 Å². The van der Waals surface area contributed by atoms with Crippen molar-refractivity contribution in [1.29, 1.82) is 0 Å². The summed E-state index contributed by atoms with van der Waals surface area (Å²) in [5.74, 6) is -1.00. The number of halogens is 1. The van der Waals surface area contributed by atoms with Gasteiger partial charge in [-0.2, -0.15) is 0 Å². The lowest BCUT2D eigenvalue weighted by Gasteiger charge is -2.12. The molecule has 5 heteroatoms. The fraction of sp³-hybridized carbons (Fsp3) is 0.364. The Balaban J connectivity index is 2.54. The SMILES string of the molecule is Cc1ccc(Br)c(NCC(O)CC(=O)O)c1. The minimum atomic E-state index is -1.00. The molecule has 16 heavy (non-hydrogen) atoms. The normalized spacial score (nSPS) is 12.2. The summed E-state index contributed by atoms with van der Waals surface area (Å²) in [4.78, 5) is 10.3. The third kappa shape index (κ3) is 4.20. The van der Waals surface area contributed by atoms with Gasteiger partial charge in [0.05, 0.1) is 12.5 Å². The number of aliphatic carboxylic acids is 1. The monoisotopic (exact) mass is 287 g/mol. The lowest BCUT2D eigenvalue weighted by atomic mass is 10.2. The number of anilines is 1. The van der Waals surface area contributed by atoms with Crippen LogP contribution in [-0.2, 0) is 4.79 Å². The van der Waals surface area contributed by atoms with Crippen LogP contribution >= 0.6 is 15.9 Å². The van der Waals surface area contributed by atoms with E-state index in [2.05, 4.69) is 21.2 Å². The molecule has 0 fully saturated rings. The molecular formula is C11H14BrNO3. The van der Waals surface area contributed by atoms with Crippen molar-refractivity contribution in [3.63, 3.8) is 0 Å². The van der Waals surface area contributed by atoms with Gasteiger partial charge in [-0.3, -0.25) is 4.79 Å². The summed E-state index contributed by atoms with van der Waals surface area (Å²) in [6, 6.07) is 5.79. The molecule has 0 saturated heterocycles. The molecule has 0 aliphatic carbocycles. The summed E-state index contributed by atoms with van der Waals surface area (Å²) in [7, 11) is 0. The van der Waals surface area contributed by atoms with E-state index in [0.717, 1.165) is 15.7 Å². The Morgan fingerprint density at radius 2 is 2.25 bits per heavy atom. The van der Waals surface area contributed by atoms with Gasteiger partial charge in [-0.1, -0.05) is 6.07 Å². The van der Waals surface area contributed by atoms with Crippen LogP contribution in [-0.4, -0.2) is 28.8 Å². The van der Waals surface area contributed by atoms with Crippen LogP contribution in [0.15, 0.2) is 22.7 Å². The van der Waals surface area contributed by atoms with Crippen molar-refractivity contribution in [1.82, 2.24) is 0 Å². The quantitative estimate of drug-likeness (QED) is 0.775. The van der Waals surface area contributed by atoms with Gasteiger partial charge < -0.3 is 15.5 Å². The van der Waals surface area contributed by atoms with Crippen molar-refractivity contribution >= 4 is 27.6 Å². The first-order chi connectivity index (χ1) is 7.49. The number of nitrogens with one attached hydrogen (secondary N) is 1. The molecule has 0 radical (unpaired) electrons. The Hall–Kier alpha value is -1.07. The smallest absolute Gasteiger partial charge is 0.306 e. The number of carboxylic acids is 1. The molecule has 1 unspecified atom stereocenters. The van der Waals surface area contributed by atoms with Crippen molar-refractivity contribution < 1.29 is 15.0 Å². The van der Waals surface area contributed by atoms with E-state index >= 15 is 0 Å². The zero-order valence-corrected chi connectivity index (χ0v) is 10.5. The third-order valence-electron chi connectivity index (χ3n) is 2.06. The summed E-state index contributed by atoms with van der Waals surface area (Å²) in [5.41, 5.74) is 1.95. The molecule has 1 rings (SSSR count). The van der Waals surface area contributed by atoms with Crippen LogP contribution < -0.4 is 5.32 Å². The van der Waals surface area contributed by atoms with Gasteiger partial charge in [-0.15, -0.1) is 0 Å². The number of aryl methyl sites for hydroxylation is 1. The number of rotatable bonds is 5. The van der Waals surface area contributed by atoms with Crippen molar-refractivity contribution in [3.05, 3.63) is 28.2 Å². The summed E-state index contributed by atoms with van der Waals surface area (Å²) in [5, 5.41) is 20.9. The second kappa shape index (κ2) is 5.86. The van der Waals surface area contributed by atoms with E-state index in [1.54, 1.807) is 0 Å². The number of carboxylic acid groups (broad SMARTS) is 1. The molecule has 1 aromatic rings. The van der Waals surface area contributed by atoms with E-state index in [1.165, 1.54) is 0 Å². The van der Waals surface area contributed by atoms with E-state index < -0.39 is 12.1 Å². The van der Waals surface area contributed by atoms with E-state index in [1.807, 2.05) is 25.1 Å². The van der Waals surface area contributed by atoms with E-state index in [-0.39, 0.29) is 13.0 Å². The summed E-state index contributed by atoms with van der Waals surface area (Å²) in [6.45, 7) is 2.18. The molecule has 4 nitrogen and oxygen atoms in total. The minimum Gasteiger partial charge on any atom is -0.481 e. The molecular weight excluding hydrogens is 274 g/mol. The molecule has 0 aromatic heterocycles. The number of aliphatic hydroxyl groups excluding tert-OH is 1. The predicted octanol–water partition coefficient (Wildman–Crippen LogP) is 2.01. The lowest BCUT2D eigenvalue weighted by molar-refractivity contribution is -0.138. The average Bonchev–Trinajstić information content (AvgIpc) is 2.18. The molecule has 0 aliphatic heterocycles. The van der Waals surface area contributed by atoms with Crippen LogP contribution in [0.5, 0.6) is 0 Å². The highest BCUT2D eigenvalue weighted by atomic mass is 79.9. The lowest BCUT2D eigenvalue weighted by Crippen LogP contribution is -2.22. The summed E-state index contributed by atoms with van der Waals surface area (Å²) >= 11 is 3.37. The molecule has 0 spiro atoms. The fourth-order valence-corrected chi connectivity index (χ4v) is 1.66. The first kappa shape index (κ1) is 13.0. The summed E-state index contributed by atoms with van der Waals surface area (Å²) < 4.78 is 0.889. The van der Waals surface area contributed by atoms with Crippen LogP contribution in [0.1, 0.15) is 12.0 Å². The topological polar surface area (TPSA) is 69.6 Å². The van der Waals surface area contributed by atoms with Gasteiger partial charge in [0.25, 0.3) is 0 Å². The largest absolute Gasteiger partial charge is 0.481 e. The molecule has 88 valence electrons. The number of aliphatic hydroxyl groups is 1. The highest BCUT2D eigenvalue weighted by Gasteiger charge is 2.09. The number of hydrogen-bond donors (Lipinski definition) is 3. The van der Waals surface area contributed by atoms with Crippen molar-refractivity contribution in [2.75, 3.05) is 11.9 Å². The van der Waals surface area contributed by atoms with Crippen LogP contribution in [0.3, 0.4) is 0 Å². The molecule has 0 bridgehead atoms. The average molecular weight is 288 g/mol. The zero-order chi connectivity index (χ0) is 12.1. The second-order valence-corrected chi connectivity index (χ2v) is 4.47. The number of hydrogen-bond acceptors (Lipinski definition) is 3. The number of carbonyl (C=O) groups is 1. The highest BCUT2D eigenvalue weighted by molar-refractivity contribution is 9.10. The van der Waals surface area contributed by atoms with Crippen LogP contribution in [0, 0.1) is 6.92 Å². The van der Waals surface area contributed by atoms with Crippen LogP contribution in [0.2, 0.25) is 0 Å². The Kier molecular flexibility index (Phi) is 4.76. The third-order valence-corrected chi connectivity index (χ3v) is 2.75. The summed E-state index contributed by atoms with van der Waals surface area (Å²) in [6.07, 6.45) is -1.14. The first-order valence-corrected chi connectivity index (χ1v) is 5.68. The van der Waals surface area contributed by atoms with Gasteiger partial charge >= 0.3 is 5.97 Å². The molecule has 0 aliphatic rings. The number of benzene rings is 1. The van der Waals surface area contributed by atoms with Gasteiger partial charge in [-0.25, -0.2) is 0 Å². The standard InChI is InChI=1S/C11H14BrNO3/c1-7-2-3-9(12)10(4-7)13-6-8(14)5-11(15)16/h2-4,8,13-14H,5-6H2,1H3,(H,15,16). The molecule has 1 aromatic carbocycles. The van der Waals surface area contributed by atoms with E-state index in [9.17, 15) is 9.90 Å². The second-order valence-electron chi connectivity index (χ2n) is 3.62. The molecule has 0 saturated carbocycles. The van der Waals surface area contributed by atoms with Gasteiger partial charge in [0.2, 0.25) is 0 Å². The Bertz CT molecular complexity index is 381. The molecule has 3 N–H and O–H groups in total. The molecule has 1 atom stereocenters. The van der Waals surface area contributed by atoms with Gasteiger partial charge in [-0.05, 0) is 40.5 Å². The Morgan fingerprint density at radius 3 is 2.88 bits per heavy atom. The van der Waals surface area contributed by atoms with Crippen LogP contribution in [0.4, 0.5) is 5.69 Å². The van der Waals surface area contributed by atoms with Crippen LogP contribution in [0.25, 0.3) is 0 Å².